The zero-order valence-electron chi connectivity index (χ0n) is 14.3. The van der Waals surface area contributed by atoms with Crippen LogP contribution in [0.25, 0.3) is 10.9 Å². The fraction of sp³-hybridized carbons (Fsp3) is 0.500. The molecule has 1 aromatic carbocycles. The summed E-state index contributed by atoms with van der Waals surface area (Å²) in [5.74, 6) is 0. The van der Waals surface area contributed by atoms with Gasteiger partial charge < -0.3 is 9.88 Å². The van der Waals surface area contributed by atoms with Crippen molar-refractivity contribution in [1.82, 2.24) is 14.8 Å². The number of piperazine rings is 1. The molecule has 1 aliphatic rings. The Balaban J connectivity index is 1.84. The van der Waals surface area contributed by atoms with Gasteiger partial charge in [0.1, 0.15) is 6.04 Å². The highest BCUT2D eigenvalue weighted by Crippen LogP contribution is 2.23. The molecule has 3 rings (SSSR count). The number of hydrogen-bond acceptors (Lipinski definition) is 5. The van der Waals surface area contributed by atoms with Crippen molar-refractivity contribution in [1.29, 1.82) is 0 Å². The van der Waals surface area contributed by atoms with E-state index in [4.69, 9.17) is 0 Å². The number of pyridine rings is 1. The number of nitrogens with zero attached hydrogens (tertiary/aromatic N) is 3. The predicted octanol–water partition coefficient (Wildman–Crippen LogP) is 2.15. The average Bonchev–Trinajstić information content (AvgIpc) is 2.60. The van der Waals surface area contributed by atoms with Gasteiger partial charge in [0.2, 0.25) is 0 Å². The Morgan fingerprint density at radius 3 is 2.62 bits per heavy atom. The molecule has 6 nitrogen and oxygen atoms in total. The van der Waals surface area contributed by atoms with E-state index >= 15 is 0 Å². The lowest BCUT2D eigenvalue weighted by molar-refractivity contribution is 0.147. The standard InChI is InChI=1S/C18H24N4O2/c1-3-13-10-15-11-14(4-5-16(15)19-18(13)23)17(20-24)12-22-8-6-21(2)7-9-22/h4-5,10-11,17H,3,6-9,12H2,1-2H3,(H,19,23). The van der Waals surface area contributed by atoms with Crippen LogP contribution in [0.2, 0.25) is 0 Å². The molecular weight excluding hydrogens is 304 g/mol. The summed E-state index contributed by atoms with van der Waals surface area (Å²) < 4.78 is 0. The molecule has 0 amide bonds. The average molecular weight is 328 g/mol. The maximum absolute atomic E-state index is 11.9. The molecule has 0 bridgehead atoms. The third kappa shape index (κ3) is 3.55. The van der Waals surface area contributed by atoms with Gasteiger partial charge in [-0.1, -0.05) is 18.2 Å². The van der Waals surface area contributed by atoms with Crippen LogP contribution in [-0.2, 0) is 6.42 Å². The van der Waals surface area contributed by atoms with Crippen molar-refractivity contribution >= 4 is 10.9 Å². The monoisotopic (exact) mass is 328 g/mol. The molecule has 1 aliphatic heterocycles. The van der Waals surface area contributed by atoms with Crippen molar-refractivity contribution in [2.45, 2.75) is 19.4 Å². The Hall–Kier alpha value is -2.05. The first kappa shape index (κ1) is 16.8. The fourth-order valence-electron chi connectivity index (χ4n) is 3.21. The highest BCUT2D eigenvalue weighted by atomic mass is 16.3. The van der Waals surface area contributed by atoms with Crippen LogP contribution < -0.4 is 5.56 Å². The van der Waals surface area contributed by atoms with Crippen molar-refractivity contribution < 1.29 is 0 Å². The van der Waals surface area contributed by atoms with E-state index < -0.39 is 0 Å². The van der Waals surface area contributed by atoms with E-state index in [9.17, 15) is 9.70 Å². The second-order valence-electron chi connectivity index (χ2n) is 6.55. The van der Waals surface area contributed by atoms with E-state index in [0.29, 0.717) is 13.0 Å². The van der Waals surface area contributed by atoms with Crippen LogP contribution in [0.1, 0.15) is 24.1 Å². The summed E-state index contributed by atoms with van der Waals surface area (Å²) in [5.41, 5.74) is 2.42. The van der Waals surface area contributed by atoms with Gasteiger partial charge in [-0.05, 0) is 42.6 Å². The molecule has 1 saturated heterocycles. The second kappa shape index (κ2) is 7.23. The number of fused-ring (bicyclic) bond motifs is 1. The van der Waals surface area contributed by atoms with E-state index in [-0.39, 0.29) is 11.6 Å². The number of aromatic nitrogens is 1. The summed E-state index contributed by atoms with van der Waals surface area (Å²) in [6.45, 7) is 6.57. The molecule has 128 valence electrons. The van der Waals surface area contributed by atoms with E-state index in [0.717, 1.165) is 48.2 Å². The molecule has 1 aromatic heterocycles. The van der Waals surface area contributed by atoms with Crippen LogP contribution in [-0.4, -0.2) is 54.6 Å². The first-order valence-electron chi connectivity index (χ1n) is 8.50. The van der Waals surface area contributed by atoms with Crippen molar-refractivity contribution in [2.75, 3.05) is 39.8 Å². The summed E-state index contributed by atoms with van der Waals surface area (Å²) >= 11 is 0. The Kier molecular flexibility index (Phi) is 5.06. The number of aromatic amines is 1. The zero-order chi connectivity index (χ0) is 17.1. The molecule has 24 heavy (non-hydrogen) atoms. The van der Waals surface area contributed by atoms with Crippen molar-refractivity contribution in [3.05, 3.63) is 50.7 Å². The summed E-state index contributed by atoms with van der Waals surface area (Å²) in [7, 11) is 2.11. The highest BCUT2D eigenvalue weighted by Gasteiger charge is 2.20. The van der Waals surface area contributed by atoms with Gasteiger partial charge in [0.05, 0.1) is 0 Å². The van der Waals surface area contributed by atoms with Gasteiger partial charge in [0.25, 0.3) is 5.56 Å². The molecular formula is C18H24N4O2. The normalized spacial score (nSPS) is 17.9. The van der Waals surface area contributed by atoms with Crippen LogP contribution in [0, 0.1) is 4.91 Å². The predicted molar refractivity (Wildman–Crippen MR) is 96.4 cm³/mol. The molecule has 0 radical (unpaired) electrons. The van der Waals surface area contributed by atoms with Gasteiger partial charge in [-0.3, -0.25) is 9.69 Å². The molecule has 6 heteroatoms. The van der Waals surface area contributed by atoms with Crippen LogP contribution in [0.15, 0.2) is 34.2 Å². The lowest BCUT2D eigenvalue weighted by Gasteiger charge is -2.33. The highest BCUT2D eigenvalue weighted by molar-refractivity contribution is 5.79. The van der Waals surface area contributed by atoms with Gasteiger partial charge in [0, 0.05) is 43.8 Å². The molecule has 2 aromatic rings. The molecule has 0 spiro atoms. The number of likely N-dealkylation sites (N-methyl/N-ethyl adjacent to an activating group) is 1. The summed E-state index contributed by atoms with van der Waals surface area (Å²) in [5, 5.41) is 4.32. The minimum atomic E-state index is -0.380. The number of aryl methyl sites for hydroxylation is 1. The van der Waals surface area contributed by atoms with Crippen molar-refractivity contribution in [3.63, 3.8) is 0 Å². The first-order valence-corrected chi connectivity index (χ1v) is 8.50. The van der Waals surface area contributed by atoms with E-state index in [1.807, 2.05) is 31.2 Å². The number of rotatable bonds is 5. The van der Waals surface area contributed by atoms with Gasteiger partial charge >= 0.3 is 0 Å². The van der Waals surface area contributed by atoms with E-state index in [1.165, 1.54) is 0 Å². The minimum Gasteiger partial charge on any atom is -0.322 e. The van der Waals surface area contributed by atoms with Gasteiger partial charge in [0.15, 0.2) is 0 Å². The van der Waals surface area contributed by atoms with Crippen LogP contribution in [0.3, 0.4) is 0 Å². The molecule has 1 atom stereocenters. The largest absolute Gasteiger partial charge is 0.322 e. The first-order chi connectivity index (χ1) is 11.6. The molecule has 1 unspecified atom stereocenters. The third-order valence-electron chi connectivity index (χ3n) is 4.87. The quantitative estimate of drug-likeness (QED) is 0.854. The van der Waals surface area contributed by atoms with Gasteiger partial charge in [-0.2, -0.15) is 4.91 Å². The maximum atomic E-state index is 11.9. The minimum absolute atomic E-state index is 0.0414. The summed E-state index contributed by atoms with van der Waals surface area (Å²) in [6, 6.07) is 7.27. The topological polar surface area (TPSA) is 68.8 Å². The second-order valence-corrected chi connectivity index (χ2v) is 6.55. The molecule has 0 saturated carbocycles. The molecule has 0 aliphatic carbocycles. The third-order valence-corrected chi connectivity index (χ3v) is 4.87. The van der Waals surface area contributed by atoms with Gasteiger partial charge in [-0.15, -0.1) is 0 Å². The van der Waals surface area contributed by atoms with Crippen LogP contribution in [0.5, 0.6) is 0 Å². The zero-order valence-corrected chi connectivity index (χ0v) is 14.3. The number of H-pyrrole nitrogens is 1. The van der Waals surface area contributed by atoms with Crippen molar-refractivity contribution in [2.24, 2.45) is 5.18 Å². The molecule has 1 N–H and O–H groups in total. The van der Waals surface area contributed by atoms with E-state index in [2.05, 4.69) is 27.0 Å². The van der Waals surface area contributed by atoms with Crippen LogP contribution >= 0.6 is 0 Å². The van der Waals surface area contributed by atoms with Gasteiger partial charge in [-0.25, -0.2) is 0 Å². The van der Waals surface area contributed by atoms with E-state index in [1.54, 1.807) is 0 Å². The number of hydrogen-bond donors (Lipinski definition) is 1. The number of nitrogens with one attached hydrogen (secondary N) is 1. The molecule has 2 heterocycles. The summed E-state index contributed by atoms with van der Waals surface area (Å²) in [4.78, 5) is 30.8. The molecule has 1 fully saturated rings. The smallest absolute Gasteiger partial charge is 0.251 e. The van der Waals surface area contributed by atoms with Crippen molar-refractivity contribution in [3.8, 4) is 0 Å². The Morgan fingerprint density at radius 1 is 1.21 bits per heavy atom. The number of nitroso groups, excluding NO2 is 1. The Labute approximate surface area is 141 Å². The SMILES string of the molecule is CCc1cc2cc(C(CN3CCN(C)CC3)N=O)ccc2[nH]c1=O. The summed E-state index contributed by atoms with van der Waals surface area (Å²) in [6.07, 6.45) is 0.687. The lowest BCUT2D eigenvalue weighted by Crippen LogP contribution is -2.45. The lowest BCUT2D eigenvalue weighted by atomic mass is 10.0. The Bertz CT molecular complexity index is 778. The number of benzene rings is 1. The maximum Gasteiger partial charge on any atom is 0.251 e. The fourth-order valence-corrected chi connectivity index (χ4v) is 3.21. The van der Waals surface area contributed by atoms with Crippen LogP contribution in [0.4, 0.5) is 0 Å². The Morgan fingerprint density at radius 2 is 1.96 bits per heavy atom.